The summed E-state index contributed by atoms with van der Waals surface area (Å²) in [4.78, 5) is 24.4. The van der Waals surface area contributed by atoms with Gasteiger partial charge in [0.2, 0.25) is 5.75 Å². The van der Waals surface area contributed by atoms with Gasteiger partial charge in [0.15, 0.2) is 17.1 Å². The van der Waals surface area contributed by atoms with Crippen molar-refractivity contribution in [3.63, 3.8) is 0 Å². The standard InChI is InChI=1S/C27H34O6/c1-6-7-8-9-17-31-26-25(32-21(5)28)22-14-11-15-23(24(22)33-27(26)29)30-18-16-20(4)13-10-12-19(2)3/h7-8,11-12,14-16H,6,9-10,13,17-18H2,1-5H3/b8-7?,20-16+. The number of rotatable bonds is 12. The summed E-state index contributed by atoms with van der Waals surface area (Å²) in [5.74, 6) is -0.232. The summed E-state index contributed by atoms with van der Waals surface area (Å²) >= 11 is 0. The number of ether oxygens (including phenoxy) is 3. The molecule has 0 bridgehead atoms. The van der Waals surface area contributed by atoms with E-state index in [1.807, 2.05) is 25.2 Å². The SMILES string of the molecule is CCC=CCCOc1c(OC(C)=O)c2cccc(OC/C=C(\C)CCC=C(C)C)c2oc1=O. The summed E-state index contributed by atoms with van der Waals surface area (Å²) in [6.45, 7) is 10.1. The largest absolute Gasteiger partial charge is 0.486 e. The topological polar surface area (TPSA) is 75.0 Å². The highest BCUT2D eigenvalue weighted by Crippen LogP contribution is 2.37. The third-order valence-corrected chi connectivity index (χ3v) is 4.75. The van der Waals surface area contributed by atoms with E-state index in [2.05, 4.69) is 26.8 Å². The Kier molecular flexibility index (Phi) is 10.5. The van der Waals surface area contributed by atoms with E-state index in [-0.39, 0.29) is 23.7 Å². The molecule has 0 aliphatic rings. The Balaban J connectivity index is 2.28. The minimum absolute atomic E-state index is 0.0483. The van der Waals surface area contributed by atoms with Gasteiger partial charge >= 0.3 is 11.6 Å². The summed E-state index contributed by atoms with van der Waals surface area (Å²) in [5, 5.41) is 0.436. The van der Waals surface area contributed by atoms with Crippen LogP contribution in [0.4, 0.5) is 0 Å². The molecule has 0 fully saturated rings. The molecular weight excluding hydrogens is 420 g/mol. The van der Waals surface area contributed by atoms with E-state index in [1.165, 1.54) is 18.1 Å². The van der Waals surface area contributed by atoms with E-state index in [9.17, 15) is 9.59 Å². The molecule has 0 radical (unpaired) electrons. The van der Waals surface area contributed by atoms with Gasteiger partial charge in [-0.2, -0.15) is 0 Å². The second kappa shape index (κ2) is 13.3. The van der Waals surface area contributed by atoms with Gasteiger partial charge in [0.25, 0.3) is 0 Å². The molecule has 178 valence electrons. The molecule has 1 aromatic heterocycles. The van der Waals surface area contributed by atoms with Gasteiger partial charge in [0.05, 0.1) is 12.0 Å². The number of esters is 1. The van der Waals surface area contributed by atoms with Crippen LogP contribution < -0.4 is 19.8 Å². The lowest BCUT2D eigenvalue weighted by atomic mass is 10.1. The van der Waals surface area contributed by atoms with Crippen molar-refractivity contribution in [2.45, 2.75) is 60.3 Å². The lowest BCUT2D eigenvalue weighted by Gasteiger charge is -2.13. The summed E-state index contributed by atoms with van der Waals surface area (Å²) in [6.07, 6.45) is 11.7. The molecule has 2 rings (SSSR count). The average molecular weight is 455 g/mol. The summed E-state index contributed by atoms with van der Waals surface area (Å²) in [6, 6.07) is 5.17. The predicted molar refractivity (Wildman–Crippen MR) is 131 cm³/mol. The van der Waals surface area contributed by atoms with E-state index in [1.54, 1.807) is 18.2 Å². The number of allylic oxidation sites excluding steroid dienone is 4. The normalized spacial score (nSPS) is 11.6. The highest BCUT2D eigenvalue weighted by molar-refractivity contribution is 5.91. The van der Waals surface area contributed by atoms with Gasteiger partial charge in [-0.05, 0) is 64.7 Å². The fraction of sp³-hybridized carbons (Fsp3) is 0.407. The van der Waals surface area contributed by atoms with Crippen molar-refractivity contribution in [2.24, 2.45) is 0 Å². The van der Waals surface area contributed by atoms with Crippen LogP contribution in [0.15, 0.2) is 62.9 Å². The van der Waals surface area contributed by atoms with E-state index in [0.717, 1.165) is 19.3 Å². The van der Waals surface area contributed by atoms with Crippen molar-refractivity contribution in [2.75, 3.05) is 13.2 Å². The molecule has 0 amide bonds. The van der Waals surface area contributed by atoms with Crippen molar-refractivity contribution in [1.29, 1.82) is 0 Å². The number of fused-ring (bicyclic) bond motifs is 1. The number of hydrogen-bond acceptors (Lipinski definition) is 6. The number of benzene rings is 1. The number of carbonyl (C=O) groups excluding carboxylic acids is 1. The minimum atomic E-state index is -0.720. The van der Waals surface area contributed by atoms with Gasteiger partial charge in [-0.3, -0.25) is 4.79 Å². The van der Waals surface area contributed by atoms with Crippen molar-refractivity contribution in [1.82, 2.24) is 0 Å². The number of para-hydroxylation sites is 1. The maximum atomic E-state index is 12.7. The number of carbonyl (C=O) groups is 1. The lowest BCUT2D eigenvalue weighted by molar-refractivity contribution is -0.131. The van der Waals surface area contributed by atoms with Crippen molar-refractivity contribution < 1.29 is 23.4 Å². The summed E-state index contributed by atoms with van der Waals surface area (Å²) in [7, 11) is 0. The van der Waals surface area contributed by atoms with Crippen LogP contribution >= 0.6 is 0 Å². The van der Waals surface area contributed by atoms with Gasteiger partial charge in [-0.1, -0.05) is 42.4 Å². The monoisotopic (exact) mass is 454 g/mol. The summed E-state index contributed by atoms with van der Waals surface area (Å²) < 4.78 is 22.4. The minimum Gasteiger partial charge on any atom is -0.486 e. The van der Waals surface area contributed by atoms with Crippen LogP contribution in [0.25, 0.3) is 11.0 Å². The van der Waals surface area contributed by atoms with Crippen LogP contribution in [0.5, 0.6) is 17.2 Å². The molecule has 2 aromatic rings. The molecule has 33 heavy (non-hydrogen) atoms. The fourth-order valence-electron chi connectivity index (χ4n) is 3.11. The fourth-order valence-corrected chi connectivity index (χ4v) is 3.11. The highest BCUT2D eigenvalue weighted by Gasteiger charge is 2.21. The first-order chi connectivity index (χ1) is 15.8. The first-order valence-electron chi connectivity index (χ1n) is 11.3. The molecule has 0 aliphatic heterocycles. The molecule has 6 nitrogen and oxygen atoms in total. The molecule has 0 aliphatic carbocycles. The Bertz CT molecular complexity index is 1080. The highest BCUT2D eigenvalue weighted by atomic mass is 16.6. The van der Waals surface area contributed by atoms with E-state index in [4.69, 9.17) is 18.6 Å². The van der Waals surface area contributed by atoms with E-state index >= 15 is 0 Å². The maximum Gasteiger partial charge on any atom is 0.383 e. The Hall–Kier alpha value is -3.28. The van der Waals surface area contributed by atoms with Crippen LogP contribution in [0.2, 0.25) is 0 Å². The molecule has 1 heterocycles. The van der Waals surface area contributed by atoms with Gasteiger partial charge in [-0.25, -0.2) is 4.79 Å². The molecule has 1 aromatic carbocycles. The predicted octanol–water partition coefficient (Wildman–Crippen LogP) is 6.52. The second-order valence-corrected chi connectivity index (χ2v) is 7.97. The quantitative estimate of drug-likeness (QED) is 0.157. The van der Waals surface area contributed by atoms with Crippen LogP contribution in [0, 0.1) is 0 Å². The lowest BCUT2D eigenvalue weighted by Crippen LogP contribution is -2.13. The molecule has 0 atom stereocenters. The summed E-state index contributed by atoms with van der Waals surface area (Å²) in [5.41, 5.74) is 2.01. The molecule has 6 heteroatoms. The molecular formula is C27H34O6. The molecule has 0 unspecified atom stereocenters. The molecule has 0 saturated carbocycles. The van der Waals surface area contributed by atoms with Gasteiger partial charge < -0.3 is 18.6 Å². The molecule has 0 N–H and O–H groups in total. The zero-order valence-corrected chi connectivity index (χ0v) is 20.2. The van der Waals surface area contributed by atoms with Crippen molar-refractivity contribution in [3.8, 4) is 17.2 Å². The third kappa shape index (κ3) is 8.29. The van der Waals surface area contributed by atoms with E-state index in [0.29, 0.717) is 24.2 Å². The zero-order chi connectivity index (χ0) is 24.2. The molecule has 0 saturated heterocycles. The Morgan fingerprint density at radius 3 is 2.48 bits per heavy atom. The first kappa shape index (κ1) is 26.0. The van der Waals surface area contributed by atoms with Crippen LogP contribution in [-0.4, -0.2) is 19.2 Å². The van der Waals surface area contributed by atoms with Crippen molar-refractivity contribution >= 4 is 16.9 Å². The zero-order valence-electron chi connectivity index (χ0n) is 20.2. The van der Waals surface area contributed by atoms with Crippen LogP contribution in [-0.2, 0) is 4.79 Å². The van der Waals surface area contributed by atoms with Gasteiger partial charge in [0.1, 0.15) is 6.61 Å². The van der Waals surface area contributed by atoms with Crippen LogP contribution in [0.3, 0.4) is 0 Å². The Labute approximate surface area is 195 Å². The van der Waals surface area contributed by atoms with Crippen LogP contribution in [0.1, 0.15) is 60.3 Å². The molecule has 0 spiro atoms. The maximum absolute atomic E-state index is 12.7. The smallest absolute Gasteiger partial charge is 0.383 e. The van der Waals surface area contributed by atoms with E-state index < -0.39 is 11.6 Å². The van der Waals surface area contributed by atoms with Gasteiger partial charge in [-0.15, -0.1) is 0 Å². The first-order valence-corrected chi connectivity index (χ1v) is 11.3. The average Bonchev–Trinajstić information content (AvgIpc) is 2.75. The Morgan fingerprint density at radius 1 is 1.00 bits per heavy atom. The van der Waals surface area contributed by atoms with Gasteiger partial charge in [0, 0.05) is 6.92 Å². The number of hydrogen-bond donors (Lipinski definition) is 0. The third-order valence-electron chi connectivity index (χ3n) is 4.75. The van der Waals surface area contributed by atoms with Crippen molar-refractivity contribution in [3.05, 3.63) is 64.1 Å². The second-order valence-electron chi connectivity index (χ2n) is 7.97. The Morgan fingerprint density at radius 2 is 1.79 bits per heavy atom.